The van der Waals surface area contributed by atoms with Gasteiger partial charge in [-0.3, -0.25) is 0 Å². The van der Waals surface area contributed by atoms with Crippen molar-refractivity contribution >= 4 is 11.7 Å². The molecule has 1 aliphatic rings. The van der Waals surface area contributed by atoms with E-state index >= 15 is 0 Å². The van der Waals surface area contributed by atoms with Crippen LogP contribution in [-0.4, -0.2) is 29.1 Å². The summed E-state index contributed by atoms with van der Waals surface area (Å²) in [6.07, 6.45) is 5.00. The zero-order valence-electron chi connectivity index (χ0n) is 12.5. The van der Waals surface area contributed by atoms with Gasteiger partial charge in [0.05, 0.1) is 0 Å². The van der Waals surface area contributed by atoms with Crippen LogP contribution >= 0.6 is 0 Å². The van der Waals surface area contributed by atoms with Gasteiger partial charge in [0, 0.05) is 24.3 Å². The molecule has 0 amide bonds. The summed E-state index contributed by atoms with van der Waals surface area (Å²) in [5.74, 6) is 1.79. The maximum Gasteiger partial charge on any atom is 0.170 e. The van der Waals surface area contributed by atoms with Crippen LogP contribution < -0.4 is 10.6 Å². The van der Waals surface area contributed by atoms with Crippen molar-refractivity contribution in [3.8, 4) is 0 Å². The third-order valence-electron chi connectivity index (χ3n) is 4.16. The average molecular weight is 276 g/mol. The maximum absolute atomic E-state index is 8.82. The highest BCUT2D eigenvalue weighted by Crippen LogP contribution is 2.29. The van der Waals surface area contributed by atoms with Gasteiger partial charge in [-0.25, -0.2) is 4.98 Å². The van der Waals surface area contributed by atoms with Gasteiger partial charge in [0.15, 0.2) is 5.84 Å². The number of aryl methyl sites for hydroxylation is 1. The zero-order valence-corrected chi connectivity index (χ0v) is 12.5. The molecule has 0 radical (unpaired) electrons. The normalized spacial score (nSPS) is 23.6. The predicted molar refractivity (Wildman–Crippen MR) is 81.3 cm³/mol. The summed E-state index contributed by atoms with van der Waals surface area (Å²) in [4.78, 5) is 6.82. The van der Waals surface area contributed by atoms with Gasteiger partial charge in [0.2, 0.25) is 0 Å². The average Bonchev–Trinajstić information content (AvgIpc) is 2.45. The molecular weight excluding hydrogens is 252 g/mol. The van der Waals surface area contributed by atoms with Gasteiger partial charge in [-0.05, 0) is 37.8 Å². The lowest BCUT2D eigenvalue weighted by Crippen LogP contribution is -2.36. The summed E-state index contributed by atoms with van der Waals surface area (Å²) in [7, 11) is 2.08. The van der Waals surface area contributed by atoms with Crippen LogP contribution in [0.1, 0.15) is 43.9 Å². The molecule has 3 N–H and O–H groups in total. The van der Waals surface area contributed by atoms with Gasteiger partial charge in [-0.1, -0.05) is 24.9 Å². The van der Waals surface area contributed by atoms with Crippen molar-refractivity contribution < 1.29 is 5.21 Å². The van der Waals surface area contributed by atoms with Crippen molar-refractivity contribution in [2.24, 2.45) is 16.8 Å². The molecule has 5 heteroatoms. The van der Waals surface area contributed by atoms with E-state index in [9.17, 15) is 0 Å². The zero-order chi connectivity index (χ0) is 14.7. The van der Waals surface area contributed by atoms with Gasteiger partial charge in [0.25, 0.3) is 0 Å². The first-order chi connectivity index (χ1) is 9.51. The second kappa shape index (κ2) is 6.11. The molecule has 1 aromatic rings. The minimum absolute atomic E-state index is 0.127. The molecule has 2 atom stereocenters. The molecule has 2 unspecified atom stereocenters. The van der Waals surface area contributed by atoms with E-state index in [-0.39, 0.29) is 5.84 Å². The van der Waals surface area contributed by atoms with Crippen molar-refractivity contribution in [2.75, 3.05) is 11.9 Å². The fourth-order valence-electron chi connectivity index (χ4n) is 2.98. The van der Waals surface area contributed by atoms with Gasteiger partial charge < -0.3 is 15.8 Å². The van der Waals surface area contributed by atoms with E-state index in [1.54, 1.807) is 0 Å². The predicted octanol–water partition coefficient (Wildman–Crippen LogP) is 2.50. The molecule has 2 rings (SSSR count). The van der Waals surface area contributed by atoms with E-state index < -0.39 is 0 Å². The Labute approximate surface area is 120 Å². The number of aromatic nitrogens is 1. The lowest BCUT2D eigenvalue weighted by atomic mass is 9.86. The Kier molecular flexibility index (Phi) is 4.47. The quantitative estimate of drug-likeness (QED) is 0.385. The molecule has 5 nitrogen and oxygen atoms in total. The van der Waals surface area contributed by atoms with E-state index in [4.69, 9.17) is 10.9 Å². The minimum atomic E-state index is 0.127. The molecule has 1 saturated carbocycles. The Morgan fingerprint density at radius 2 is 2.20 bits per heavy atom. The van der Waals surface area contributed by atoms with Gasteiger partial charge in [-0.15, -0.1) is 0 Å². The van der Waals surface area contributed by atoms with E-state index in [0.29, 0.717) is 11.6 Å². The number of hydrogen-bond donors (Lipinski definition) is 2. The van der Waals surface area contributed by atoms with E-state index in [1.165, 1.54) is 25.7 Å². The Morgan fingerprint density at radius 1 is 1.45 bits per heavy atom. The summed E-state index contributed by atoms with van der Waals surface area (Å²) in [5.41, 5.74) is 7.27. The standard InChI is InChI=1S/C15H24N4O/c1-10-5-4-6-13(7-10)19(3)14-9-12(15(16)18-20)8-11(2)17-14/h8-10,13,20H,4-7H2,1-3H3,(H2,16,18). The molecule has 0 saturated heterocycles. The monoisotopic (exact) mass is 276 g/mol. The third kappa shape index (κ3) is 3.21. The number of hydrogen-bond acceptors (Lipinski definition) is 4. The number of anilines is 1. The van der Waals surface area contributed by atoms with Gasteiger partial charge >= 0.3 is 0 Å². The van der Waals surface area contributed by atoms with E-state index in [2.05, 4.69) is 29.0 Å². The molecular formula is C15H24N4O. The largest absolute Gasteiger partial charge is 0.409 e. The second-order valence-electron chi connectivity index (χ2n) is 5.88. The molecule has 0 aliphatic heterocycles. The number of amidine groups is 1. The first kappa shape index (κ1) is 14.6. The van der Waals surface area contributed by atoms with Crippen LogP contribution in [0.25, 0.3) is 0 Å². The van der Waals surface area contributed by atoms with Crippen LogP contribution in [0.2, 0.25) is 0 Å². The summed E-state index contributed by atoms with van der Waals surface area (Å²) in [6, 6.07) is 4.24. The Hall–Kier alpha value is -1.78. The summed E-state index contributed by atoms with van der Waals surface area (Å²) >= 11 is 0. The van der Waals surface area contributed by atoms with Gasteiger partial charge in [-0.2, -0.15) is 0 Å². The van der Waals surface area contributed by atoms with Crippen molar-refractivity contribution in [1.29, 1.82) is 0 Å². The Bertz CT molecular complexity index is 501. The minimum Gasteiger partial charge on any atom is -0.409 e. The molecule has 1 heterocycles. The van der Waals surface area contributed by atoms with Crippen molar-refractivity contribution in [1.82, 2.24) is 4.98 Å². The summed E-state index contributed by atoms with van der Waals surface area (Å²) in [5, 5.41) is 11.9. The first-order valence-corrected chi connectivity index (χ1v) is 7.20. The highest BCUT2D eigenvalue weighted by Gasteiger charge is 2.23. The number of oxime groups is 1. The van der Waals surface area contributed by atoms with Crippen LogP contribution in [0, 0.1) is 12.8 Å². The van der Waals surface area contributed by atoms with Crippen LogP contribution in [0.15, 0.2) is 17.3 Å². The molecule has 0 aromatic carbocycles. The molecule has 0 spiro atoms. The molecule has 0 bridgehead atoms. The van der Waals surface area contributed by atoms with Gasteiger partial charge in [0.1, 0.15) is 5.82 Å². The van der Waals surface area contributed by atoms with Crippen LogP contribution in [0.5, 0.6) is 0 Å². The topological polar surface area (TPSA) is 74.7 Å². The first-order valence-electron chi connectivity index (χ1n) is 7.20. The van der Waals surface area contributed by atoms with E-state index in [0.717, 1.165) is 17.4 Å². The van der Waals surface area contributed by atoms with Crippen molar-refractivity contribution in [3.63, 3.8) is 0 Å². The number of pyridine rings is 1. The molecule has 110 valence electrons. The fourth-order valence-corrected chi connectivity index (χ4v) is 2.98. The Morgan fingerprint density at radius 3 is 2.85 bits per heavy atom. The molecule has 1 aliphatic carbocycles. The third-order valence-corrected chi connectivity index (χ3v) is 4.16. The smallest absolute Gasteiger partial charge is 0.170 e. The van der Waals surface area contributed by atoms with Crippen LogP contribution in [0.3, 0.4) is 0 Å². The number of nitrogens with zero attached hydrogens (tertiary/aromatic N) is 3. The number of rotatable bonds is 3. The molecule has 1 fully saturated rings. The second-order valence-corrected chi connectivity index (χ2v) is 5.88. The summed E-state index contributed by atoms with van der Waals surface area (Å²) < 4.78 is 0. The maximum atomic E-state index is 8.82. The molecule has 20 heavy (non-hydrogen) atoms. The van der Waals surface area contributed by atoms with Crippen LogP contribution in [-0.2, 0) is 0 Å². The lowest BCUT2D eigenvalue weighted by Gasteiger charge is -2.35. The highest BCUT2D eigenvalue weighted by molar-refractivity contribution is 5.97. The lowest BCUT2D eigenvalue weighted by molar-refractivity contribution is 0.318. The Balaban J connectivity index is 2.25. The SMILES string of the molecule is Cc1cc(/C(N)=N/O)cc(N(C)C2CCCC(C)C2)n1. The number of nitrogens with two attached hydrogens (primary N) is 1. The summed E-state index contributed by atoms with van der Waals surface area (Å²) in [6.45, 7) is 4.24. The van der Waals surface area contributed by atoms with Crippen LogP contribution in [0.4, 0.5) is 5.82 Å². The molecule has 1 aromatic heterocycles. The fraction of sp³-hybridized carbons (Fsp3) is 0.600. The highest BCUT2D eigenvalue weighted by atomic mass is 16.4. The van der Waals surface area contributed by atoms with Crippen molar-refractivity contribution in [2.45, 2.75) is 45.6 Å². The van der Waals surface area contributed by atoms with E-state index in [1.807, 2.05) is 19.1 Å². The van der Waals surface area contributed by atoms with Crippen molar-refractivity contribution in [3.05, 3.63) is 23.4 Å².